The van der Waals surface area contributed by atoms with Gasteiger partial charge in [-0.15, -0.1) is 0 Å². The summed E-state index contributed by atoms with van der Waals surface area (Å²) in [6, 6.07) is 9.04. The first-order valence-corrected chi connectivity index (χ1v) is 12.4. The van der Waals surface area contributed by atoms with Crippen molar-refractivity contribution in [2.24, 2.45) is 5.92 Å². The molecule has 1 amide bonds. The van der Waals surface area contributed by atoms with E-state index in [1.54, 1.807) is 30.0 Å². The number of hydrogen-bond donors (Lipinski definition) is 1. The number of nitrogens with one attached hydrogen (secondary N) is 1. The number of hydrogen-bond acceptors (Lipinski definition) is 6. The third-order valence-electron chi connectivity index (χ3n) is 6.02. The first-order chi connectivity index (χ1) is 15.7. The Balaban J connectivity index is 1.86. The Kier molecular flexibility index (Phi) is 7.86. The van der Waals surface area contributed by atoms with Gasteiger partial charge in [0.1, 0.15) is 5.75 Å². The number of rotatable bonds is 8. The van der Waals surface area contributed by atoms with Crippen LogP contribution in [0.4, 0.5) is 0 Å². The summed E-state index contributed by atoms with van der Waals surface area (Å²) in [4.78, 5) is 14.9. The molecule has 1 aliphatic heterocycles. The van der Waals surface area contributed by atoms with Crippen LogP contribution in [0.25, 0.3) is 0 Å². The molecule has 0 saturated carbocycles. The van der Waals surface area contributed by atoms with Gasteiger partial charge in [-0.3, -0.25) is 4.79 Å². The van der Waals surface area contributed by atoms with Crippen LogP contribution in [0.2, 0.25) is 0 Å². The standard InChI is InChI=1S/C24H32N2O6S/c1-16-10-12-26(13-11-16)24(27)20-15-19(7-9-21(20)30-3)33(28,29)25-17(2)18-6-8-22(31-4)23(14-18)32-5/h6-9,14-17,25H,10-13H2,1-5H3/t17-/m0/s1. The van der Waals surface area contributed by atoms with Gasteiger partial charge in [0.25, 0.3) is 5.91 Å². The lowest BCUT2D eigenvalue weighted by Gasteiger charge is -2.30. The molecule has 0 radical (unpaired) electrons. The Hall–Kier alpha value is -2.78. The predicted molar refractivity (Wildman–Crippen MR) is 126 cm³/mol. The largest absolute Gasteiger partial charge is 0.496 e. The fourth-order valence-electron chi connectivity index (χ4n) is 3.89. The van der Waals surface area contributed by atoms with Crippen molar-refractivity contribution in [3.05, 3.63) is 47.5 Å². The maximum atomic E-state index is 13.2. The topological polar surface area (TPSA) is 94.2 Å². The molecule has 1 fully saturated rings. The fraction of sp³-hybridized carbons (Fsp3) is 0.458. The number of benzene rings is 2. The lowest BCUT2D eigenvalue weighted by molar-refractivity contribution is 0.0693. The molecule has 0 spiro atoms. The minimum atomic E-state index is -3.91. The zero-order valence-corrected chi connectivity index (χ0v) is 20.6. The van der Waals surface area contributed by atoms with Gasteiger partial charge in [0, 0.05) is 19.1 Å². The normalized spacial score (nSPS) is 15.7. The summed E-state index contributed by atoms with van der Waals surface area (Å²) in [6.07, 6.45) is 1.85. The molecule has 0 aromatic heterocycles. The van der Waals surface area contributed by atoms with E-state index < -0.39 is 16.1 Å². The van der Waals surface area contributed by atoms with E-state index in [4.69, 9.17) is 14.2 Å². The van der Waals surface area contributed by atoms with Crippen LogP contribution in [0.15, 0.2) is 41.3 Å². The number of nitrogens with zero attached hydrogens (tertiary/aromatic N) is 1. The second kappa shape index (κ2) is 10.4. The Morgan fingerprint density at radius 3 is 2.18 bits per heavy atom. The molecule has 1 aliphatic rings. The van der Waals surface area contributed by atoms with E-state index in [1.165, 1.54) is 39.5 Å². The van der Waals surface area contributed by atoms with Crippen molar-refractivity contribution in [2.45, 2.75) is 37.6 Å². The molecule has 3 rings (SSSR count). The highest BCUT2D eigenvalue weighted by molar-refractivity contribution is 7.89. The Labute approximate surface area is 195 Å². The summed E-state index contributed by atoms with van der Waals surface area (Å²) in [5, 5.41) is 0. The van der Waals surface area contributed by atoms with Gasteiger partial charge in [-0.25, -0.2) is 13.1 Å². The van der Waals surface area contributed by atoms with Crippen LogP contribution >= 0.6 is 0 Å². The van der Waals surface area contributed by atoms with E-state index in [0.29, 0.717) is 41.8 Å². The summed E-state index contributed by atoms with van der Waals surface area (Å²) in [7, 11) is 0.618. The van der Waals surface area contributed by atoms with Crippen molar-refractivity contribution >= 4 is 15.9 Å². The number of amides is 1. The van der Waals surface area contributed by atoms with Crippen LogP contribution in [-0.4, -0.2) is 53.6 Å². The zero-order chi connectivity index (χ0) is 24.2. The molecule has 0 bridgehead atoms. The number of carbonyl (C=O) groups is 1. The Bertz CT molecular complexity index is 1090. The van der Waals surface area contributed by atoms with Gasteiger partial charge in [-0.2, -0.15) is 0 Å². The van der Waals surface area contributed by atoms with Gasteiger partial charge in [0.15, 0.2) is 11.5 Å². The SMILES string of the molecule is COc1ccc([C@H](C)NS(=O)(=O)c2ccc(OC)c(C(=O)N3CCC(C)CC3)c2)cc1OC. The van der Waals surface area contributed by atoms with E-state index >= 15 is 0 Å². The lowest BCUT2D eigenvalue weighted by Crippen LogP contribution is -2.38. The van der Waals surface area contributed by atoms with Crippen molar-refractivity contribution in [3.8, 4) is 17.2 Å². The van der Waals surface area contributed by atoms with Gasteiger partial charge in [-0.1, -0.05) is 13.0 Å². The van der Waals surface area contributed by atoms with Gasteiger partial charge in [0.2, 0.25) is 10.0 Å². The molecular formula is C24H32N2O6S. The minimum Gasteiger partial charge on any atom is -0.496 e. The highest BCUT2D eigenvalue weighted by Gasteiger charge is 2.27. The van der Waals surface area contributed by atoms with E-state index in [2.05, 4.69) is 11.6 Å². The highest BCUT2D eigenvalue weighted by atomic mass is 32.2. The molecule has 2 aromatic carbocycles. The van der Waals surface area contributed by atoms with Crippen molar-refractivity contribution in [2.75, 3.05) is 34.4 Å². The molecule has 9 heteroatoms. The highest BCUT2D eigenvalue weighted by Crippen LogP contribution is 2.31. The second-order valence-corrected chi connectivity index (χ2v) is 10.0. The fourth-order valence-corrected chi connectivity index (χ4v) is 5.15. The van der Waals surface area contributed by atoms with Crippen LogP contribution in [-0.2, 0) is 10.0 Å². The van der Waals surface area contributed by atoms with E-state index in [1.807, 2.05) is 0 Å². The molecule has 0 unspecified atom stereocenters. The number of ether oxygens (including phenoxy) is 3. The van der Waals surface area contributed by atoms with E-state index in [-0.39, 0.29) is 16.4 Å². The monoisotopic (exact) mass is 476 g/mol. The smallest absolute Gasteiger partial charge is 0.257 e. The van der Waals surface area contributed by atoms with Crippen LogP contribution in [0.1, 0.15) is 48.7 Å². The van der Waals surface area contributed by atoms with Crippen LogP contribution in [0.5, 0.6) is 17.2 Å². The third-order valence-corrected chi connectivity index (χ3v) is 7.56. The van der Waals surface area contributed by atoms with Crippen LogP contribution < -0.4 is 18.9 Å². The molecular weight excluding hydrogens is 444 g/mol. The summed E-state index contributed by atoms with van der Waals surface area (Å²) in [5.41, 5.74) is 0.956. The van der Waals surface area contributed by atoms with Gasteiger partial charge < -0.3 is 19.1 Å². The molecule has 0 aliphatic carbocycles. The molecule has 33 heavy (non-hydrogen) atoms. The maximum absolute atomic E-state index is 13.2. The predicted octanol–water partition coefficient (Wildman–Crippen LogP) is 3.62. The number of carbonyl (C=O) groups excluding carboxylic acids is 1. The average Bonchev–Trinajstić information content (AvgIpc) is 2.82. The van der Waals surface area contributed by atoms with Gasteiger partial charge in [0.05, 0.1) is 31.8 Å². The second-order valence-electron chi connectivity index (χ2n) is 8.29. The van der Waals surface area contributed by atoms with Crippen molar-refractivity contribution in [3.63, 3.8) is 0 Å². The molecule has 8 nitrogen and oxygen atoms in total. The quantitative estimate of drug-likeness (QED) is 0.625. The van der Waals surface area contributed by atoms with Gasteiger partial charge in [-0.05, 0) is 61.6 Å². The molecule has 1 heterocycles. The third kappa shape index (κ3) is 5.59. The van der Waals surface area contributed by atoms with Gasteiger partial charge >= 0.3 is 0 Å². The molecule has 1 atom stereocenters. The number of piperidine rings is 1. The Morgan fingerprint density at radius 1 is 0.970 bits per heavy atom. The molecule has 1 saturated heterocycles. The number of sulfonamides is 1. The molecule has 180 valence electrons. The van der Waals surface area contributed by atoms with Crippen molar-refractivity contribution < 1.29 is 27.4 Å². The van der Waals surface area contributed by atoms with Crippen LogP contribution in [0.3, 0.4) is 0 Å². The molecule has 1 N–H and O–H groups in total. The molecule has 2 aromatic rings. The number of likely N-dealkylation sites (tertiary alicyclic amines) is 1. The minimum absolute atomic E-state index is 0.00403. The summed E-state index contributed by atoms with van der Waals surface area (Å²) < 4.78 is 44.9. The van der Waals surface area contributed by atoms with Crippen LogP contribution in [0, 0.1) is 5.92 Å². The Morgan fingerprint density at radius 2 is 1.58 bits per heavy atom. The lowest BCUT2D eigenvalue weighted by atomic mass is 9.98. The zero-order valence-electron chi connectivity index (χ0n) is 19.8. The van der Waals surface area contributed by atoms with E-state index in [9.17, 15) is 13.2 Å². The van der Waals surface area contributed by atoms with E-state index in [0.717, 1.165) is 12.8 Å². The summed E-state index contributed by atoms with van der Waals surface area (Å²) in [5.74, 6) is 1.77. The maximum Gasteiger partial charge on any atom is 0.257 e. The first kappa shape index (κ1) is 24.9. The van der Waals surface area contributed by atoms with Crippen molar-refractivity contribution in [1.29, 1.82) is 0 Å². The van der Waals surface area contributed by atoms with Crippen molar-refractivity contribution in [1.82, 2.24) is 9.62 Å². The summed E-state index contributed by atoms with van der Waals surface area (Å²) in [6.45, 7) is 5.20. The first-order valence-electron chi connectivity index (χ1n) is 10.9. The summed E-state index contributed by atoms with van der Waals surface area (Å²) >= 11 is 0. The average molecular weight is 477 g/mol. The number of methoxy groups -OCH3 is 3.